The molecule has 0 N–H and O–H groups in total. The van der Waals surface area contributed by atoms with Gasteiger partial charge < -0.3 is 19.3 Å². The molecular weight excluding hydrogens is 1020 g/mol. The third-order valence-electron chi connectivity index (χ3n) is 17.0. The monoisotopic (exact) mass is 1080 g/mol. The number of hydrogen-bond acceptors (Lipinski definition) is 12. The molecule has 2 unspecified atom stereocenters. The maximum absolute atomic E-state index is 12.0. The van der Waals surface area contributed by atoms with Crippen molar-refractivity contribution in [2.24, 2.45) is 0 Å². The predicted octanol–water partition coefficient (Wildman–Crippen LogP) is 9.56. The zero-order valence-electron chi connectivity index (χ0n) is 45.0. The minimum absolute atomic E-state index is 0.00169. The van der Waals surface area contributed by atoms with Crippen LogP contribution in [0.3, 0.4) is 0 Å². The zero-order valence-corrected chi connectivity index (χ0v) is 45.8. The van der Waals surface area contributed by atoms with Gasteiger partial charge in [-0.2, -0.15) is 15.3 Å². The Balaban J connectivity index is 0.000000112. The van der Waals surface area contributed by atoms with E-state index in [1.807, 2.05) is 87.0 Å². The SMILES string of the molecule is CC1CC2(CN(S(C)(=O)=O)C2)c2cc(-c3cnc4ccccc4c3)nn21.CCOC(=O)N1CC2(CC(C)n3nc(-c4cnc5ccccc5c4)cc32)C1.CCOC(=O)N1CC2(CCn3nc(-c4cnc5ccccc5c4)cc32)C1. The molecule has 404 valence electrons. The Kier molecular flexibility index (Phi) is 12.2. The molecule has 3 spiro atoms. The largest absolute Gasteiger partial charge is 0.450 e. The van der Waals surface area contributed by atoms with Crippen molar-refractivity contribution >= 4 is 54.9 Å². The Bertz CT molecular complexity index is 3980. The minimum atomic E-state index is -3.13. The lowest BCUT2D eigenvalue weighted by molar-refractivity contribution is 0.0383. The highest BCUT2D eigenvalue weighted by atomic mass is 32.2. The van der Waals surface area contributed by atoms with Gasteiger partial charge in [0.1, 0.15) is 0 Å². The number of sulfonamides is 1. The zero-order chi connectivity index (χ0) is 54.4. The first-order chi connectivity index (χ1) is 38.1. The van der Waals surface area contributed by atoms with Gasteiger partial charge in [0, 0.05) is 131 Å². The van der Waals surface area contributed by atoms with Crippen LogP contribution in [0.15, 0.2) is 128 Å². The molecule has 3 saturated heterocycles. The molecule has 0 radical (unpaired) electrons. The van der Waals surface area contributed by atoms with E-state index in [9.17, 15) is 18.0 Å². The van der Waals surface area contributed by atoms with Crippen molar-refractivity contribution in [3.63, 3.8) is 0 Å². The maximum atomic E-state index is 12.0. The molecule has 0 bridgehead atoms. The summed E-state index contributed by atoms with van der Waals surface area (Å²) >= 11 is 0. The van der Waals surface area contributed by atoms with Crippen molar-refractivity contribution in [3.8, 4) is 33.8 Å². The summed E-state index contributed by atoms with van der Waals surface area (Å²) in [5.74, 6) is 0. The van der Waals surface area contributed by atoms with Crippen LogP contribution in [0.2, 0.25) is 0 Å². The second-order valence-electron chi connectivity index (χ2n) is 22.4. The van der Waals surface area contributed by atoms with Gasteiger partial charge in [-0.05, 0) is 102 Å². The average molecular weight is 1080 g/mol. The number of fused-ring (bicyclic) bond motifs is 9. The van der Waals surface area contributed by atoms with E-state index in [-0.39, 0.29) is 34.5 Å². The van der Waals surface area contributed by atoms with Gasteiger partial charge in [-0.1, -0.05) is 54.6 Å². The van der Waals surface area contributed by atoms with E-state index in [1.54, 1.807) is 14.1 Å². The lowest BCUT2D eigenvalue weighted by atomic mass is 9.75. The molecule has 6 aliphatic heterocycles. The third-order valence-corrected chi connectivity index (χ3v) is 18.2. The van der Waals surface area contributed by atoms with Crippen molar-refractivity contribution in [1.29, 1.82) is 0 Å². The summed E-state index contributed by atoms with van der Waals surface area (Å²) < 4.78 is 41.7. The van der Waals surface area contributed by atoms with E-state index in [0.717, 1.165) is 98.0 Å². The molecular formula is C60H62N12O6S. The topological polar surface area (TPSA) is 189 Å². The Hall–Kier alpha value is -8.03. The Morgan fingerprint density at radius 3 is 1.37 bits per heavy atom. The average Bonchev–Trinajstić information content (AvgIpc) is 4.03. The predicted molar refractivity (Wildman–Crippen MR) is 301 cm³/mol. The van der Waals surface area contributed by atoms with Crippen molar-refractivity contribution in [2.75, 3.05) is 58.7 Å². The van der Waals surface area contributed by atoms with E-state index in [1.165, 1.54) is 17.6 Å². The number of carbonyl (C=O) groups is 2. The summed E-state index contributed by atoms with van der Waals surface area (Å²) in [5.41, 5.74) is 12.3. The maximum Gasteiger partial charge on any atom is 0.409 e. The lowest BCUT2D eigenvalue weighted by Crippen LogP contribution is -2.60. The van der Waals surface area contributed by atoms with Crippen LogP contribution in [0.1, 0.15) is 76.1 Å². The molecule has 15 rings (SSSR count). The van der Waals surface area contributed by atoms with Crippen LogP contribution in [0.5, 0.6) is 0 Å². The highest BCUT2D eigenvalue weighted by molar-refractivity contribution is 7.88. The lowest BCUT2D eigenvalue weighted by Gasteiger charge is -2.46. The van der Waals surface area contributed by atoms with E-state index in [2.05, 4.69) is 97.4 Å². The number of ether oxygens (including phenoxy) is 2. The van der Waals surface area contributed by atoms with Gasteiger partial charge in [-0.25, -0.2) is 22.3 Å². The van der Waals surface area contributed by atoms with Gasteiger partial charge in [-0.3, -0.25) is 29.0 Å². The number of nitrogens with zero attached hydrogens (tertiary/aromatic N) is 12. The summed E-state index contributed by atoms with van der Waals surface area (Å²) in [5, 5.41) is 17.8. The summed E-state index contributed by atoms with van der Waals surface area (Å²) in [7, 11) is -3.13. The first kappa shape index (κ1) is 50.5. The molecule has 0 saturated carbocycles. The van der Waals surface area contributed by atoms with Crippen LogP contribution in [-0.4, -0.2) is 138 Å². The van der Waals surface area contributed by atoms with Crippen LogP contribution in [0, 0.1) is 0 Å². The summed E-state index contributed by atoms with van der Waals surface area (Å²) in [6, 6.07) is 37.7. The molecule has 3 fully saturated rings. The normalized spacial score (nSPS) is 19.7. The first-order valence-electron chi connectivity index (χ1n) is 27.3. The molecule has 2 atom stereocenters. The van der Waals surface area contributed by atoms with Gasteiger partial charge >= 0.3 is 12.2 Å². The molecule has 0 aliphatic carbocycles. The smallest absolute Gasteiger partial charge is 0.409 e. The quantitative estimate of drug-likeness (QED) is 0.154. The van der Waals surface area contributed by atoms with Crippen molar-refractivity contribution in [3.05, 3.63) is 145 Å². The van der Waals surface area contributed by atoms with Gasteiger partial charge in [-0.15, -0.1) is 0 Å². The van der Waals surface area contributed by atoms with Gasteiger partial charge in [0.2, 0.25) is 10.0 Å². The number of benzene rings is 3. The fourth-order valence-electron chi connectivity index (χ4n) is 13.1. The van der Waals surface area contributed by atoms with Crippen LogP contribution >= 0.6 is 0 Å². The number of para-hydroxylation sites is 3. The number of hydrogen-bond donors (Lipinski definition) is 0. The number of aromatic nitrogens is 9. The Morgan fingerprint density at radius 2 is 0.937 bits per heavy atom. The summed E-state index contributed by atoms with van der Waals surface area (Å²) in [6.45, 7) is 13.7. The van der Waals surface area contributed by atoms with E-state index in [0.29, 0.717) is 58.5 Å². The highest BCUT2D eigenvalue weighted by Gasteiger charge is 2.56. The van der Waals surface area contributed by atoms with Crippen LogP contribution in [0.4, 0.5) is 9.59 Å². The summed E-state index contributed by atoms with van der Waals surface area (Å²) in [6.07, 6.45) is 9.48. The summed E-state index contributed by atoms with van der Waals surface area (Å²) in [4.78, 5) is 41.1. The number of carbonyl (C=O) groups excluding carboxylic acids is 2. The Morgan fingerprint density at radius 1 is 0.544 bits per heavy atom. The molecule has 6 aliphatic rings. The second-order valence-corrected chi connectivity index (χ2v) is 24.4. The molecule has 2 amide bonds. The molecule has 12 heterocycles. The van der Waals surface area contributed by atoms with Crippen LogP contribution in [0.25, 0.3) is 66.5 Å². The van der Waals surface area contributed by atoms with Crippen molar-refractivity contribution < 1.29 is 27.5 Å². The number of pyridine rings is 3. The van der Waals surface area contributed by atoms with Gasteiger partial charge in [0.05, 0.1) is 65.2 Å². The number of likely N-dealkylation sites (tertiary alicyclic amines) is 2. The highest BCUT2D eigenvalue weighted by Crippen LogP contribution is 2.50. The molecule has 3 aromatic carbocycles. The molecule has 79 heavy (non-hydrogen) atoms. The standard InChI is InChI=1S/C21H22N4O2.C20H20N4O2.C19H20N4O2S/c1-3-27-20(26)24-12-21(13-24)10-14(2)25-19(21)9-18(23-25)16-8-15-6-4-5-7-17(15)22-11-16;1-2-26-19(25)23-12-20(13-23)7-8-24-18(20)10-17(22-24)15-9-14-5-3-4-6-16(14)21-11-15;1-13-9-19(11-22(12-19)26(2,24)25)18-8-17(21-23(13)18)15-7-14-5-3-4-6-16(14)20-10-15/h4-9,11,14H,3,10,12-13H2,1-2H3;3-6,9-11H,2,7-8,12-13H2,1H3;3-8,10,13H,9,11-12H2,1-2H3. The first-order valence-corrected chi connectivity index (χ1v) is 29.1. The van der Waals surface area contributed by atoms with Gasteiger partial charge in [0.25, 0.3) is 0 Å². The van der Waals surface area contributed by atoms with Crippen LogP contribution < -0.4 is 0 Å². The molecule has 9 aromatic rings. The minimum Gasteiger partial charge on any atom is -0.450 e. The number of amides is 2. The fourth-order valence-corrected chi connectivity index (χ4v) is 14.1. The van der Waals surface area contributed by atoms with Crippen molar-refractivity contribution in [1.82, 2.24) is 58.4 Å². The van der Waals surface area contributed by atoms with E-state index >= 15 is 0 Å². The van der Waals surface area contributed by atoms with E-state index < -0.39 is 10.0 Å². The van der Waals surface area contributed by atoms with Crippen molar-refractivity contribution in [2.45, 2.75) is 81.8 Å². The van der Waals surface area contributed by atoms with Crippen LogP contribution in [-0.2, 0) is 42.3 Å². The van der Waals surface area contributed by atoms with Gasteiger partial charge in [0.15, 0.2) is 0 Å². The molecule has 18 nitrogen and oxygen atoms in total. The third kappa shape index (κ3) is 8.77. The fraction of sp³-hybridized carbons (Fsp3) is 0.367. The number of aryl methyl sites for hydroxylation is 1. The Labute approximate surface area is 458 Å². The molecule has 19 heteroatoms. The van der Waals surface area contributed by atoms with E-state index in [4.69, 9.17) is 24.8 Å². The number of rotatable bonds is 6. The molecule has 6 aromatic heterocycles. The second kappa shape index (κ2) is 19.1.